The van der Waals surface area contributed by atoms with Gasteiger partial charge in [0.1, 0.15) is 0 Å². The van der Waals surface area contributed by atoms with E-state index in [1.807, 2.05) is 30.5 Å². The van der Waals surface area contributed by atoms with Crippen LogP contribution in [0.1, 0.15) is 25.3 Å². The third-order valence-corrected chi connectivity index (χ3v) is 7.48. The number of halogens is 7. The van der Waals surface area contributed by atoms with Crippen molar-refractivity contribution in [3.63, 3.8) is 0 Å². The highest BCUT2D eigenvalue weighted by Gasteiger charge is 2.39. The molecule has 47 heavy (non-hydrogen) atoms. The lowest BCUT2D eigenvalue weighted by molar-refractivity contribution is -0.193. The van der Waals surface area contributed by atoms with Gasteiger partial charge >= 0.3 is 24.3 Å². The number of benzene rings is 2. The molecule has 0 saturated carbocycles. The van der Waals surface area contributed by atoms with Crippen LogP contribution in [0, 0.1) is 0 Å². The first-order chi connectivity index (χ1) is 21.6. The van der Waals surface area contributed by atoms with Gasteiger partial charge in [0.15, 0.2) is 5.60 Å². The first-order valence-electron chi connectivity index (χ1n) is 13.6. The number of alkyl halides is 6. The van der Waals surface area contributed by atoms with Crippen molar-refractivity contribution in [1.29, 1.82) is 0 Å². The van der Waals surface area contributed by atoms with Crippen LogP contribution in [0.25, 0.3) is 11.1 Å². The Morgan fingerprint density at radius 1 is 0.936 bits per heavy atom. The number of rotatable bonds is 6. The van der Waals surface area contributed by atoms with Gasteiger partial charge in [-0.1, -0.05) is 34.1 Å². The zero-order chi connectivity index (χ0) is 35.7. The molecular weight excluding hydrogens is 708 g/mol. The fraction of sp³-hybridized carbons (Fsp3) is 0.379. The Balaban J connectivity index is 0.000000459. The number of nitrogens with one attached hydrogen (secondary N) is 2. The van der Waals surface area contributed by atoms with Gasteiger partial charge in [-0.05, 0) is 69.3 Å². The van der Waals surface area contributed by atoms with Crippen LogP contribution < -0.4 is 10.2 Å². The Hall–Kier alpha value is -4.16. The molecule has 1 amide bonds. The number of carbonyl (C=O) groups excluding carboxylic acids is 1. The van der Waals surface area contributed by atoms with Crippen molar-refractivity contribution in [3.8, 4) is 11.1 Å². The van der Waals surface area contributed by atoms with Gasteiger partial charge in [0.2, 0.25) is 0 Å². The molecule has 1 saturated heterocycles. The fourth-order valence-corrected chi connectivity index (χ4v) is 4.52. The number of aliphatic hydroxyl groups is 1. The number of piperidine rings is 1. The van der Waals surface area contributed by atoms with Crippen molar-refractivity contribution in [3.05, 3.63) is 64.9 Å². The smallest absolute Gasteiger partial charge is 0.475 e. The SMILES string of the molecule is CN(C)C1CCN(c2cc(-c3cn[nH]c3)ccc2NC(=O)[C@@](C)(O)c2ccc(Br)cc2)CC1.O=C(O)C(F)(F)F.O=C(O)C(F)(F)F. The highest BCUT2D eigenvalue weighted by atomic mass is 79.9. The molecule has 11 nitrogen and oxygen atoms in total. The van der Waals surface area contributed by atoms with Crippen LogP contribution in [0.4, 0.5) is 37.7 Å². The quantitative estimate of drug-likeness (QED) is 0.206. The minimum Gasteiger partial charge on any atom is -0.475 e. The number of H-pyrrole nitrogens is 1. The molecule has 258 valence electrons. The van der Waals surface area contributed by atoms with Crippen molar-refractivity contribution < 1.29 is 56.0 Å². The molecule has 3 aromatic rings. The average Bonchev–Trinajstić information content (AvgIpc) is 3.52. The molecule has 0 bridgehead atoms. The lowest BCUT2D eigenvalue weighted by Gasteiger charge is -2.37. The number of aromatic nitrogens is 2. The molecule has 1 atom stereocenters. The van der Waals surface area contributed by atoms with Crippen molar-refractivity contribution in [1.82, 2.24) is 15.1 Å². The number of amides is 1. The van der Waals surface area contributed by atoms with Gasteiger partial charge in [0, 0.05) is 35.4 Å². The lowest BCUT2D eigenvalue weighted by atomic mass is 9.95. The van der Waals surface area contributed by atoms with Gasteiger partial charge in [0.25, 0.3) is 5.91 Å². The summed E-state index contributed by atoms with van der Waals surface area (Å²) in [5.41, 5.74) is 2.51. The van der Waals surface area contributed by atoms with Gasteiger partial charge < -0.3 is 30.4 Å². The Morgan fingerprint density at radius 2 is 1.45 bits per heavy atom. The van der Waals surface area contributed by atoms with Crippen LogP contribution in [0.5, 0.6) is 0 Å². The van der Waals surface area contributed by atoms with Crippen LogP contribution in [0.3, 0.4) is 0 Å². The normalized spacial score (nSPS) is 15.0. The molecule has 5 N–H and O–H groups in total. The van der Waals surface area contributed by atoms with E-state index in [4.69, 9.17) is 19.8 Å². The number of carboxylic acids is 2. The Bertz CT molecular complexity index is 1470. The van der Waals surface area contributed by atoms with Crippen molar-refractivity contribution in [2.45, 2.75) is 43.8 Å². The third kappa shape index (κ3) is 11.5. The number of aromatic amines is 1. The molecule has 18 heteroatoms. The van der Waals surface area contributed by atoms with Gasteiger partial charge in [0.05, 0.1) is 17.6 Å². The van der Waals surface area contributed by atoms with E-state index >= 15 is 0 Å². The molecule has 1 aromatic heterocycles. The maximum atomic E-state index is 13.2. The molecule has 0 spiro atoms. The fourth-order valence-electron chi connectivity index (χ4n) is 4.26. The molecule has 0 radical (unpaired) electrons. The second kappa shape index (κ2) is 16.1. The van der Waals surface area contributed by atoms with Crippen LogP contribution >= 0.6 is 15.9 Å². The minimum atomic E-state index is -5.08. The van der Waals surface area contributed by atoms with E-state index in [-0.39, 0.29) is 0 Å². The van der Waals surface area contributed by atoms with Crippen LogP contribution in [-0.2, 0) is 20.0 Å². The van der Waals surface area contributed by atoms with Gasteiger partial charge in [-0.15, -0.1) is 0 Å². The van der Waals surface area contributed by atoms with E-state index < -0.39 is 35.8 Å². The lowest BCUT2D eigenvalue weighted by Crippen LogP contribution is -2.42. The Morgan fingerprint density at radius 3 is 1.87 bits per heavy atom. The first-order valence-corrected chi connectivity index (χ1v) is 14.4. The summed E-state index contributed by atoms with van der Waals surface area (Å²) >= 11 is 3.40. The Labute approximate surface area is 273 Å². The second-order valence-corrected chi connectivity index (χ2v) is 11.5. The number of hydrogen-bond donors (Lipinski definition) is 5. The highest BCUT2D eigenvalue weighted by Crippen LogP contribution is 2.35. The van der Waals surface area contributed by atoms with Crippen LogP contribution in [-0.4, -0.2) is 93.8 Å². The molecule has 2 aromatic carbocycles. The zero-order valence-electron chi connectivity index (χ0n) is 25.2. The second-order valence-electron chi connectivity index (χ2n) is 10.5. The van der Waals surface area contributed by atoms with E-state index in [1.165, 1.54) is 6.92 Å². The van der Waals surface area contributed by atoms with Gasteiger partial charge in [-0.25, -0.2) is 9.59 Å². The summed E-state index contributed by atoms with van der Waals surface area (Å²) in [6, 6.07) is 13.6. The predicted octanol–water partition coefficient (Wildman–Crippen LogP) is 5.48. The first kappa shape index (κ1) is 39.0. The largest absolute Gasteiger partial charge is 0.490 e. The standard InChI is InChI=1S/C25H30BrN5O2.2C2HF3O2/c1-25(33,19-5-7-20(26)8-6-19)24(32)29-22-9-4-17(18-15-27-28-16-18)14-23(22)31-12-10-21(11-13-31)30(2)3;2*3-2(4,5)1(6)7/h4-9,14-16,21,33H,10-13H2,1-3H3,(H,27,28)(H,29,32);2*(H,6,7)/t25-;;/m0../s1. The minimum absolute atomic E-state index is 0.467. The highest BCUT2D eigenvalue weighted by molar-refractivity contribution is 9.10. The zero-order valence-corrected chi connectivity index (χ0v) is 26.7. The maximum absolute atomic E-state index is 13.2. The average molecular weight is 740 g/mol. The van der Waals surface area contributed by atoms with Crippen molar-refractivity contribution >= 4 is 45.2 Å². The monoisotopic (exact) mass is 739 g/mol. The number of carboxylic acid groups (broad SMARTS) is 2. The molecular formula is C29H32BrF6N5O6. The predicted molar refractivity (Wildman–Crippen MR) is 163 cm³/mol. The van der Waals surface area contributed by atoms with Crippen molar-refractivity contribution in [2.75, 3.05) is 37.4 Å². The van der Waals surface area contributed by atoms with E-state index in [0.29, 0.717) is 17.3 Å². The number of hydrogen-bond acceptors (Lipinski definition) is 7. The van der Waals surface area contributed by atoms with E-state index in [2.05, 4.69) is 61.4 Å². The number of aliphatic carboxylic acids is 2. The van der Waals surface area contributed by atoms with Crippen LogP contribution in [0.2, 0.25) is 0 Å². The summed E-state index contributed by atoms with van der Waals surface area (Å²) in [6.45, 7) is 3.31. The Kier molecular flexibility index (Phi) is 13.4. The summed E-state index contributed by atoms with van der Waals surface area (Å²) in [5.74, 6) is -5.98. The van der Waals surface area contributed by atoms with E-state index in [1.54, 1.807) is 18.3 Å². The van der Waals surface area contributed by atoms with Gasteiger partial charge in [-0.3, -0.25) is 9.89 Å². The van der Waals surface area contributed by atoms with Crippen molar-refractivity contribution in [2.24, 2.45) is 0 Å². The van der Waals surface area contributed by atoms with Crippen LogP contribution in [0.15, 0.2) is 59.3 Å². The number of anilines is 2. The molecule has 0 unspecified atom stereocenters. The molecule has 1 aliphatic heterocycles. The van der Waals surface area contributed by atoms with Gasteiger partial charge in [-0.2, -0.15) is 31.4 Å². The van der Waals surface area contributed by atoms with E-state index in [0.717, 1.165) is 47.2 Å². The topological polar surface area (TPSA) is 159 Å². The molecule has 0 aliphatic carbocycles. The number of nitrogens with zero attached hydrogens (tertiary/aromatic N) is 3. The summed E-state index contributed by atoms with van der Waals surface area (Å²) in [4.78, 5) is 35.6. The summed E-state index contributed by atoms with van der Waals surface area (Å²) in [5, 5.41) is 35.2. The molecule has 4 rings (SSSR count). The molecule has 2 heterocycles. The van der Waals surface area contributed by atoms with E-state index in [9.17, 15) is 36.2 Å². The number of carbonyl (C=O) groups is 3. The molecule has 1 aliphatic rings. The molecule has 1 fully saturated rings. The summed E-state index contributed by atoms with van der Waals surface area (Å²) in [6.07, 6.45) is -4.43. The summed E-state index contributed by atoms with van der Waals surface area (Å²) < 4.78 is 64.4. The maximum Gasteiger partial charge on any atom is 0.490 e. The summed E-state index contributed by atoms with van der Waals surface area (Å²) in [7, 11) is 4.24. The third-order valence-electron chi connectivity index (χ3n) is 6.95.